The van der Waals surface area contributed by atoms with Crippen LogP contribution in [0, 0.1) is 0 Å². The first-order valence-corrected chi connectivity index (χ1v) is 8.69. The van der Waals surface area contributed by atoms with Crippen molar-refractivity contribution in [3.8, 4) is 0 Å². The first kappa shape index (κ1) is 21.7. The van der Waals surface area contributed by atoms with Gasteiger partial charge in [0.05, 0.1) is 0 Å². The maximum absolute atomic E-state index is 12.4. The summed E-state index contributed by atoms with van der Waals surface area (Å²) in [6.07, 6.45) is -1.51. The number of rotatable bonds is 7. The summed E-state index contributed by atoms with van der Waals surface area (Å²) in [7, 11) is -13.3. The fourth-order valence-electron chi connectivity index (χ4n) is 1.33. The second kappa shape index (κ2) is 7.07. The van der Waals surface area contributed by atoms with E-state index in [4.69, 9.17) is 0 Å². The van der Waals surface area contributed by atoms with E-state index < -0.39 is 60.6 Å². The van der Waals surface area contributed by atoms with E-state index in [1.807, 2.05) is 5.32 Å². The third-order valence-corrected chi connectivity index (χ3v) is 7.11. The molecule has 0 radical (unpaired) electrons. The van der Waals surface area contributed by atoms with E-state index in [0.717, 1.165) is 6.08 Å². The second-order valence-corrected chi connectivity index (χ2v) is 8.59. The smallest absolute Gasteiger partial charge is 0.353 e. The molecular weight excluding hydrogens is 380 g/mol. The summed E-state index contributed by atoms with van der Waals surface area (Å²) in [6.45, 7) is 2.48. The Morgan fingerprint density at radius 1 is 1.00 bits per heavy atom. The minimum atomic E-state index is -6.63. The number of carbonyl (C=O) groups is 1. The van der Waals surface area contributed by atoms with Crippen LogP contribution in [0.15, 0.2) is 12.7 Å². The summed E-state index contributed by atoms with van der Waals surface area (Å²) in [5, 5.41) is 1.96. The molecule has 0 aromatic carbocycles. The summed E-state index contributed by atoms with van der Waals surface area (Å²) < 4.78 is 115. The molecule has 0 unspecified atom stereocenters. The van der Waals surface area contributed by atoms with Gasteiger partial charge in [-0.25, -0.2) is 16.8 Å². The molecule has 136 valence electrons. The lowest BCUT2D eigenvalue weighted by atomic mass is 10.3. The highest BCUT2D eigenvalue weighted by Gasteiger charge is 2.62. The van der Waals surface area contributed by atoms with E-state index in [-0.39, 0.29) is 0 Å². The zero-order valence-electron chi connectivity index (χ0n) is 11.1. The molecule has 0 atom stereocenters. The van der Waals surface area contributed by atoms with Crippen LogP contribution in [-0.4, -0.2) is 44.9 Å². The largest absolute Gasteiger partial charge is 0.498 e. The van der Waals surface area contributed by atoms with Crippen LogP contribution >= 0.6 is 0 Å². The van der Waals surface area contributed by atoms with Crippen molar-refractivity contribution in [3.05, 3.63) is 12.7 Å². The number of halogens is 6. The normalized spacial score (nSPS) is 13.9. The third-order valence-electron chi connectivity index (χ3n) is 2.44. The SMILES string of the molecule is C=CC(=O)NCCCC(S(=O)(=O)C(F)(F)F)S(=O)(=O)C(F)(F)F. The summed E-state index contributed by atoms with van der Waals surface area (Å²) in [4.78, 5) is 10.7. The molecule has 0 aliphatic heterocycles. The Kier molecular flexibility index (Phi) is 6.66. The van der Waals surface area contributed by atoms with Gasteiger partial charge in [0.15, 0.2) is 4.58 Å². The first-order chi connectivity index (χ1) is 10.1. The Morgan fingerprint density at radius 2 is 1.39 bits per heavy atom. The number of hydrogen-bond donors (Lipinski definition) is 1. The van der Waals surface area contributed by atoms with Crippen molar-refractivity contribution in [2.45, 2.75) is 28.4 Å². The van der Waals surface area contributed by atoms with Gasteiger partial charge in [0.1, 0.15) is 0 Å². The van der Waals surface area contributed by atoms with Gasteiger partial charge >= 0.3 is 11.0 Å². The van der Waals surface area contributed by atoms with Crippen molar-refractivity contribution in [1.82, 2.24) is 5.32 Å². The number of alkyl halides is 6. The standard InChI is InChI=1S/C9H11F6NO5S2/c1-2-6(17)16-5-3-4-7(22(18,19)8(10,11)12)23(20,21)9(13,14)15/h2,7H,1,3-5H2,(H,16,17). The van der Waals surface area contributed by atoms with Gasteiger partial charge in [-0.3, -0.25) is 4.79 Å². The molecule has 0 spiro atoms. The summed E-state index contributed by atoms with van der Waals surface area (Å²) >= 11 is 0. The second-order valence-electron chi connectivity index (χ2n) is 4.05. The minimum Gasteiger partial charge on any atom is -0.353 e. The minimum absolute atomic E-state index is 0.540. The molecule has 6 nitrogen and oxygen atoms in total. The predicted molar refractivity (Wildman–Crippen MR) is 66.2 cm³/mol. The summed E-state index contributed by atoms with van der Waals surface area (Å²) in [6, 6.07) is 0. The molecule has 0 fully saturated rings. The Labute approximate surface area is 127 Å². The topological polar surface area (TPSA) is 97.4 Å². The number of amides is 1. The van der Waals surface area contributed by atoms with Gasteiger partial charge < -0.3 is 5.32 Å². The Balaban J connectivity index is 5.54. The molecule has 0 aliphatic carbocycles. The molecule has 0 heterocycles. The zero-order chi connectivity index (χ0) is 18.7. The van der Waals surface area contributed by atoms with Gasteiger partial charge in [0.25, 0.3) is 19.7 Å². The monoisotopic (exact) mass is 391 g/mol. The van der Waals surface area contributed by atoms with Crippen LogP contribution in [0.2, 0.25) is 0 Å². The molecule has 0 aromatic heterocycles. The van der Waals surface area contributed by atoms with E-state index in [1.54, 1.807) is 0 Å². The van der Waals surface area contributed by atoms with Crippen molar-refractivity contribution in [2.75, 3.05) is 6.54 Å². The van der Waals surface area contributed by atoms with Gasteiger partial charge in [-0.15, -0.1) is 0 Å². The number of sulfone groups is 2. The molecule has 0 aliphatic rings. The van der Waals surface area contributed by atoms with Crippen LogP contribution in [0.4, 0.5) is 26.3 Å². The summed E-state index contributed by atoms with van der Waals surface area (Å²) in [5.41, 5.74) is -12.4. The van der Waals surface area contributed by atoms with E-state index >= 15 is 0 Å². The lowest BCUT2D eigenvalue weighted by Crippen LogP contribution is -2.45. The Morgan fingerprint density at radius 3 is 1.70 bits per heavy atom. The van der Waals surface area contributed by atoms with Crippen molar-refractivity contribution < 1.29 is 48.0 Å². The third kappa shape index (κ3) is 5.09. The zero-order valence-corrected chi connectivity index (χ0v) is 12.7. The molecule has 0 aromatic rings. The number of nitrogens with one attached hydrogen (secondary N) is 1. The van der Waals surface area contributed by atoms with Gasteiger partial charge in [-0.2, -0.15) is 26.3 Å². The maximum Gasteiger partial charge on any atom is 0.498 e. The van der Waals surface area contributed by atoms with Crippen LogP contribution in [0.25, 0.3) is 0 Å². The fraction of sp³-hybridized carbons (Fsp3) is 0.667. The van der Waals surface area contributed by atoms with Gasteiger partial charge in [-0.05, 0) is 18.9 Å². The molecule has 0 saturated heterocycles. The Bertz CT molecular complexity index is 605. The van der Waals surface area contributed by atoms with Crippen LogP contribution < -0.4 is 5.32 Å². The van der Waals surface area contributed by atoms with Gasteiger partial charge in [-0.1, -0.05) is 6.58 Å². The van der Waals surface area contributed by atoms with Crippen molar-refractivity contribution >= 4 is 25.6 Å². The molecule has 23 heavy (non-hydrogen) atoms. The van der Waals surface area contributed by atoms with Gasteiger partial charge in [0, 0.05) is 6.54 Å². The highest BCUT2D eigenvalue weighted by molar-refractivity contribution is 8.09. The molecule has 0 bridgehead atoms. The average Bonchev–Trinajstić information content (AvgIpc) is 2.34. The number of hydrogen-bond acceptors (Lipinski definition) is 5. The molecule has 0 rings (SSSR count). The van der Waals surface area contributed by atoms with Gasteiger partial charge in [0.2, 0.25) is 5.91 Å². The predicted octanol–water partition coefficient (Wildman–Crippen LogP) is 1.26. The lowest BCUT2D eigenvalue weighted by molar-refractivity contribution is -0.116. The molecule has 1 amide bonds. The highest BCUT2D eigenvalue weighted by Crippen LogP contribution is 2.37. The first-order valence-electron chi connectivity index (χ1n) is 5.59. The lowest BCUT2D eigenvalue weighted by Gasteiger charge is -2.20. The summed E-state index contributed by atoms with van der Waals surface area (Å²) in [5.74, 6) is -0.820. The molecule has 0 saturated carbocycles. The van der Waals surface area contributed by atoms with Crippen molar-refractivity contribution in [2.24, 2.45) is 0 Å². The molecule has 14 heteroatoms. The molecular formula is C9H11F6NO5S2. The number of carbonyl (C=O) groups excluding carboxylic acids is 1. The average molecular weight is 391 g/mol. The van der Waals surface area contributed by atoms with E-state index in [0.29, 0.717) is 0 Å². The molecule has 1 N–H and O–H groups in total. The van der Waals surface area contributed by atoms with Crippen LogP contribution in [-0.2, 0) is 24.5 Å². The van der Waals surface area contributed by atoms with Crippen molar-refractivity contribution in [1.29, 1.82) is 0 Å². The van der Waals surface area contributed by atoms with Crippen LogP contribution in [0.3, 0.4) is 0 Å². The Hall–Kier alpha value is -1.31. The maximum atomic E-state index is 12.4. The van der Waals surface area contributed by atoms with E-state index in [2.05, 4.69) is 6.58 Å². The highest BCUT2D eigenvalue weighted by atomic mass is 32.3. The van der Waals surface area contributed by atoms with E-state index in [1.165, 1.54) is 0 Å². The van der Waals surface area contributed by atoms with Crippen LogP contribution in [0.1, 0.15) is 12.8 Å². The van der Waals surface area contributed by atoms with Crippen molar-refractivity contribution in [3.63, 3.8) is 0 Å². The van der Waals surface area contributed by atoms with Crippen LogP contribution in [0.5, 0.6) is 0 Å². The fourth-order valence-corrected chi connectivity index (χ4v) is 4.87. The quantitative estimate of drug-likeness (QED) is 0.400. The van der Waals surface area contributed by atoms with E-state index in [9.17, 15) is 48.0 Å².